The number of hydrogen-bond acceptors (Lipinski definition) is 3. The molecule has 1 saturated heterocycles. The van der Waals surface area contributed by atoms with Gasteiger partial charge in [0.2, 0.25) is 5.91 Å². The molecule has 4 nitrogen and oxygen atoms in total. The molecule has 1 aliphatic rings. The van der Waals surface area contributed by atoms with E-state index in [9.17, 15) is 4.79 Å². The van der Waals surface area contributed by atoms with Crippen LogP contribution in [0.4, 0.5) is 5.69 Å². The van der Waals surface area contributed by atoms with Crippen molar-refractivity contribution in [3.8, 4) is 0 Å². The van der Waals surface area contributed by atoms with Gasteiger partial charge in [-0.15, -0.1) is 0 Å². The zero-order valence-corrected chi connectivity index (χ0v) is 13.0. The Hall–Kier alpha value is -1.33. The Morgan fingerprint density at radius 2 is 1.70 bits per heavy atom. The molecule has 0 saturated carbocycles. The summed E-state index contributed by atoms with van der Waals surface area (Å²) in [5, 5.41) is 2.83. The zero-order valence-electron chi connectivity index (χ0n) is 13.0. The third kappa shape index (κ3) is 2.74. The zero-order chi connectivity index (χ0) is 15.1. The van der Waals surface area contributed by atoms with E-state index in [1.165, 1.54) is 6.92 Å². The van der Waals surface area contributed by atoms with Gasteiger partial charge in [-0.3, -0.25) is 4.79 Å². The lowest BCUT2D eigenvalue weighted by molar-refractivity contribution is -0.114. The van der Waals surface area contributed by atoms with Gasteiger partial charge < -0.3 is 14.6 Å². The fraction of sp³-hybridized carbons (Fsp3) is 0.533. The van der Waals surface area contributed by atoms with Crippen LogP contribution in [-0.4, -0.2) is 24.2 Å². The van der Waals surface area contributed by atoms with Crippen molar-refractivity contribution in [1.29, 1.82) is 0 Å². The van der Waals surface area contributed by atoms with Crippen molar-refractivity contribution in [3.05, 3.63) is 23.8 Å². The third-order valence-corrected chi connectivity index (χ3v) is 4.10. The van der Waals surface area contributed by atoms with Crippen LogP contribution in [0.3, 0.4) is 0 Å². The Bertz CT molecular complexity index is 524. The second-order valence-corrected chi connectivity index (χ2v) is 6.34. The summed E-state index contributed by atoms with van der Waals surface area (Å²) in [5.41, 5.74) is 2.00. The SMILES string of the molecule is CC(=O)Nc1cc(B2OC(C)(C)C(C)(C)O2)ccc1C. The van der Waals surface area contributed by atoms with Gasteiger partial charge in [-0.1, -0.05) is 12.1 Å². The Balaban J connectivity index is 2.29. The molecule has 1 aliphatic heterocycles. The maximum Gasteiger partial charge on any atom is 0.494 e. The highest BCUT2D eigenvalue weighted by Gasteiger charge is 2.51. The van der Waals surface area contributed by atoms with Crippen molar-refractivity contribution in [3.63, 3.8) is 0 Å². The molecular weight excluding hydrogens is 253 g/mol. The second-order valence-electron chi connectivity index (χ2n) is 6.34. The number of nitrogens with one attached hydrogen (secondary N) is 1. The molecule has 0 radical (unpaired) electrons. The van der Waals surface area contributed by atoms with Gasteiger partial charge in [0.05, 0.1) is 11.2 Å². The topological polar surface area (TPSA) is 47.6 Å². The van der Waals surface area contributed by atoms with E-state index in [0.717, 1.165) is 16.7 Å². The highest BCUT2D eigenvalue weighted by molar-refractivity contribution is 6.62. The van der Waals surface area contributed by atoms with E-state index in [0.29, 0.717) is 0 Å². The van der Waals surface area contributed by atoms with Gasteiger partial charge in [0.1, 0.15) is 0 Å². The summed E-state index contributed by atoms with van der Waals surface area (Å²) >= 11 is 0. The summed E-state index contributed by atoms with van der Waals surface area (Å²) in [6.45, 7) is 11.6. The lowest BCUT2D eigenvalue weighted by Gasteiger charge is -2.32. The first-order valence-corrected chi connectivity index (χ1v) is 6.86. The lowest BCUT2D eigenvalue weighted by Crippen LogP contribution is -2.41. The van der Waals surface area contributed by atoms with Gasteiger partial charge in [-0.05, 0) is 51.7 Å². The number of carbonyl (C=O) groups excluding carboxylic acids is 1. The molecule has 0 bridgehead atoms. The van der Waals surface area contributed by atoms with Crippen LogP contribution in [0.5, 0.6) is 0 Å². The molecule has 1 amide bonds. The van der Waals surface area contributed by atoms with Gasteiger partial charge in [0.15, 0.2) is 0 Å². The molecule has 5 heteroatoms. The summed E-state index contributed by atoms with van der Waals surface area (Å²) in [6, 6.07) is 5.85. The number of carbonyl (C=O) groups is 1. The number of amides is 1. The van der Waals surface area contributed by atoms with Crippen LogP contribution in [0.2, 0.25) is 0 Å². The minimum atomic E-state index is -0.409. The quantitative estimate of drug-likeness (QED) is 0.842. The van der Waals surface area contributed by atoms with Gasteiger partial charge in [-0.25, -0.2) is 0 Å². The minimum absolute atomic E-state index is 0.0841. The highest BCUT2D eigenvalue weighted by atomic mass is 16.7. The Kier molecular flexibility index (Phi) is 3.69. The van der Waals surface area contributed by atoms with Gasteiger partial charge in [0.25, 0.3) is 0 Å². The van der Waals surface area contributed by atoms with Crippen LogP contribution in [0.25, 0.3) is 0 Å². The number of hydrogen-bond donors (Lipinski definition) is 1. The molecule has 1 N–H and O–H groups in total. The van der Waals surface area contributed by atoms with Crippen molar-refractivity contribution in [2.45, 2.75) is 52.7 Å². The van der Waals surface area contributed by atoms with Crippen molar-refractivity contribution in [2.24, 2.45) is 0 Å². The van der Waals surface area contributed by atoms with Crippen LogP contribution < -0.4 is 10.8 Å². The average Bonchev–Trinajstić information content (AvgIpc) is 2.50. The molecule has 0 atom stereocenters. The predicted octanol–water partition coefficient (Wildman–Crippen LogP) is 2.25. The molecule has 1 aromatic rings. The fourth-order valence-electron chi connectivity index (χ4n) is 2.09. The van der Waals surface area contributed by atoms with Crippen LogP contribution in [0.1, 0.15) is 40.2 Å². The van der Waals surface area contributed by atoms with E-state index in [1.807, 2.05) is 52.8 Å². The van der Waals surface area contributed by atoms with E-state index >= 15 is 0 Å². The molecule has 0 aromatic heterocycles. The maximum absolute atomic E-state index is 11.2. The first kappa shape index (κ1) is 15.1. The van der Waals surface area contributed by atoms with Crippen molar-refractivity contribution in [2.75, 3.05) is 5.32 Å². The first-order chi connectivity index (χ1) is 9.12. The molecule has 0 aliphatic carbocycles. The average molecular weight is 275 g/mol. The molecule has 20 heavy (non-hydrogen) atoms. The smallest absolute Gasteiger partial charge is 0.399 e. The summed E-state index contributed by atoms with van der Waals surface area (Å²) in [5.74, 6) is -0.0841. The van der Waals surface area contributed by atoms with E-state index in [2.05, 4.69) is 5.32 Å². The monoisotopic (exact) mass is 275 g/mol. The third-order valence-electron chi connectivity index (χ3n) is 4.10. The number of rotatable bonds is 2. The summed E-state index contributed by atoms with van der Waals surface area (Å²) < 4.78 is 12.0. The van der Waals surface area contributed by atoms with Crippen molar-refractivity contribution >= 4 is 24.2 Å². The summed E-state index contributed by atoms with van der Waals surface area (Å²) in [7, 11) is -0.409. The van der Waals surface area contributed by atoms with Gasteiger partial charge in [-0.2, -0.15) is 0 Å². The minimum Gasteiger partial charge on any atom is -0.399 e. The Morgan fingerprint density at radius 3 is 2.20 bits per heavy atom. The molecule has 2 rings (SSSR count). The molecule has 0 unspecified atom stereocenters. The van der Waals surface area contributed by atoms with Gasteiger partial charge >= 0.3 is 7.12 Å². The van der Waals surface area contributed by atoms with E-state index < -0.39 is 7.12 Å². The van der Waals surface area contributed by atoms with E-state index in [1.54, 1.807) is 0 Å². The molecule has 1 fully saturated rings. The number of benzene rings is 1. The standard InChI is InChI=1S/C15H22BNO3/c1-10-7-8-12(9-13(10)17-11(2)18)16-19-14(3,4)15(5,6)20-16/h7-9H,1-6H3,(H,17,18). The lowest BCUT2D eigenvalue weighted by atomic mass is 9.78. The van der Waals surface area contributed by atoms with Crippen LogP contribution in [-0.2, 0) is 14.1 Å². The van der Waals surface area contributed by atoms with E-state index in [4.69, 9.17) is 9.31 Å². The molecule has 1 aromatic carbocycles. The second kappa shape index (κ2) is 4.90. The Morgan fingerprint density at radius 1 is 1.15 bits per heavy atom. The summed E-state index contributed by atoms with van der Waals surface area (Å²) in [4.78, 5) is 11.2. The Labute approximate surface area is 121 Å². The van der Waals surface area contributed by atoms with Gasteiger partial charge in [0, 0.05) is 12.6 Å². The molecule has 108 valence electrons. The number of aryl methyl sites for hydroxylation is 1. The maximum atomic E-state index is 11.2. The van der Waals surface area contributed by atoms with Crippen molar-refractivity contribution in [1.82, 2.24) is 0 Å². The summed E-state index contributed by atoms with van der Waals surface area (Å²) in [6.07, 6.45) is 0. The predicted molar refractivity (Wildman–Crippen MR) is 81.2 cm³/mol. The first-order valence-electron chi connectivity index (χ1n) is 6.86. The van der Waals surface area contributed by atoms with Crippen LogP contribution >= 0.6 is 0 Å². The van der Waals surface area contributed by atoms with E-state index in [-0.39, 0.29) is 17.1 Å². The molecular formula is C15H22BNO3. The van der Waals surface area contributed by atoms with Crippen LogP contribution in [0, 0.1) is 6.92 Å². The van der Waals surface area contributed by atoms with Crippen molar-refractivity contribution < 1.29 is 14.1 Å². The highest BCUT2D eigenvalue weighted by Crippen LogP contribution is 2.36. The largest absolute Gasteiger partial charge is 0.494 e. The fourth-order valence-corrected chi connectivity index (χ4v) is 2.09. The normalized spacial score (nSPS) is 20.0. The molecule has 1 heterocycles. The van der Waals surface area contributed by atoms with Crippen LogP contribution in [0.15, 0.2) is 18.2 Å². The molecule has 0 spiro atoms. The number of anilines is 1.